The predicted molar refractivity (Wildman–Crippen MR) is 101 cm³/mol. The molecule has 2 aromatic carbocycles. The second kappa shape index (κ2) is 8.60. The number of para-hydroxylation sites is 1. The minimum Gasteiger partial charge on any atom is -0.496 e. The van der Waals surface area contributed by atoms with Crippen molar-refractivity contribution >= 4 is 40.9 Å². The summed E-state index contributed by atoms with van der Waals surface area (Å²) in [5.41, 5.74) is 6.97. The predicted octanol–water partition coefficient (Wildman–Crippen LogP) is 2.32. The van der Waals surface area contributed by atoms with Gasteiger partial charge in [0.05, 0.1) is 7.11 Å². The zero-order valence-electron chi connectivity index (χ0n) is 13.5. The second-order valence-electron chi connectivity index (χ2n) is 4.96. The molecule has 0 saturated carbocycles. The van der Waals surface area contributed by atoms with Crippen LogP contribution in [0.2, 0.25) is 0 Å². The Bertz CT molecular complexity index is 817. The monoisotopic (exact) mass is 355 g/mol. The number of rotatable bonds is 5. The number of carbonyl (C=O) groups is 2. The molecule has 0 bridgehead atoms. The maximum atomic E-state index is 11.9. The maximum absolute atomic E-state index is 11.9. The van der Waals surface area contributed by atoms with Crippen molar-refractivity contribution in [2.75, 3.05) is 12.4 Å². The van der Waals surface area contributed by atoms with Crippen LogP contribution in [0.25, 0.3) is 6.08 Å². The number of nitrogens with two attached hydrogens (primary N) is 1. The summed E-state index contributed by atoms with van der Waals surface area (Å²) in [6.45, 7) is 0. The Labute approximate surface area is 150 Å². The first-order chi connectivity index (χ1) is 12.0. The van der Waals surface area contributed by atoms with Gasteiger partial charge < -0.3 is 15.8 Å². The Morgan fingerprint density at radius 3 is 2.44 bits per heavy atom. The van der Waals surface area contributed by atoms with E-state index in [1.165, 1.54) is 6.08 Å². The smallest absolute Gasteiger partial charge is 0.250 e. The van der Waals surface area contributed by atoms with Gasteiger partial charge in [-0.2, -0.15) is 0 Å². The number of anilines is 1. The lowest BCUT2D eigenvalue weighted by atomic mass is 10.2. The minimum atomic E-state index is -0.510. The molecule has 25 heavy (non-hydrogen) atoms. The summed E-state index contributed by atoms with van der Waals surface area (Å²) in [6.07, 6.45) is 3.00. The van der Waals surface area contributed by atoms with Crippen molar-refractivity contribution in [1.82, 2.24) is 5.32 Å². The number of amides is 2. The van der Waals surface area contributed by atoms with Gasteiger partial charge in [0.1, 0.15) is 5.75 Å². The number of nitrogens with one attached hydrogen (secondary N) is 2. The average Bonchev–Trinajstić information content (AvgIpc) is 2.60. The molecule has 0 atom stereocenters. The summed E-state index contributed by atoms with van der Waals surface area (Å²) in [5.74, 6) is -0.220. The van der Waals surface area contributed by atoms with E-state index in [-0.39, 0.29) is 11.0 Å². The van der Waals surface area contributed by atoms with Crippen LogP contribution in [0.15, 0.2) is 54.6 Å². The fraction of sp³-hybridized carbons (Fsp3) is 0.0556. The van der Waals surface area contributed by atoms with Crippen molar-refractivity contribution in [2.24, 2.45) is 5.73 Å². The van der Waals surface area contributed by atoms with E-state index in [0.29, 0.717) is 17.0 Å². The van der Waals surface area contributed by atoms with E-state index in [9.17, 15) is 9.59 Å². The van der Waals surface area contributed by atoms with Gasteiger partial charge in [-0.05, 0) is 48.6 Å². The first kappa shape index (κ1) is 18.2. The zero-order valence-corrected chi connectivity index (χ0v) is 14.3. The first-order valence-electron chi connectivity index (χ1n) is 7.32. The van der Waals surface area contributed by atoms with E-state index in [4.69, 9.17) is 22.7 Å². The van der Waals surface area contributed by atoms with Crippen LogP contribution in [0, 0.1) is 0 Å². The zero-order chi connectivity index (χ0) is 18.2. The van der Waals surface area contributed by atoms with Crippen LogP contribution < -0.4 is 21.1 Å². The Kier molecular flexibility index (Phi) is 6.25. The summed E-state index contributed by atoms with van der Waals surface area (Å²) < 4.78 is 5.21. The van der Waals surface area contributed by atoms with Gasteiger partial charge in [0.15, 0.2) is 5.11 Å². The van der Waals surface area contributed by atoms with Gasteiger partial charge in [-0.1, -0.05) is 18.2 Å². The van der Waals surface area contributed by atoms with Crippen molar-refractivity contribution in [2.45, 2.75) is 0 Å². The van der Waals surface area contributed by atoms with Gasteiger partial charge in [0, 0.05) is 22.9 Å². The summed E-state index contributed by atoms with van der Waals surface area (Å²) in [5, 5.41) is 5.52. The molecular weight excluding hydrogens is 338 g/mol. The topological polar surface area (TPSA) is 93.4 Å². The molecule has 0 spiro atoms. The number of benzene rings is 2. The molecule has 0 saturated heterocycles. The molecular formula is C18H17N3O3S. The molecule has 0 aliphatic carbocycles. The van der Waals surface area contributed by atoms with Crippen LogP contribution in [0.5, 0.6) is 5.75 Å². The molecule has 0 fully saturated rings. The molecule has 0 unspecified atom stereocenters. The van der Waals surface area contributed by atoms with E-state index in [1.54, 1.807) is 43.5 Å². The lowest BCUT2D eigenvalue weighted by Crippen LogP contribution is -2.32. The SMILES string of the molecule is COc1ccccc1C=CC(=O)NC(=S)Nc1ccc(C(N)=O)cc1. The lowest BCUT2D eigenvalue weighted by Gasteiger charge is -2.08. The number of thiocarbonyl (C=S) groups is 1. The second-order valence-corrected chi connectivity index (χ2v) is 5.37. The number of primary amides is 1. The molecule has 0 radical (unpaired) electrons. The molecule has 4 N–H and O–H groups in total. The highest BCUT2D eigenvalue weighted by Gasteiger charge is 2.04. The van der Waals surface area contributed by atoms with E-state index in [2.05, 4.69) is 10.6 Å². The van der Waals surface area contributed by atoms with E-state index in [0.717, 1.165) is 5.56 Å². The van der Waals surface area contributed by atoms with Crippen molar-refractivity contribution in [3.63, 3.8) is 0 Å². The van der Waals surface area contributed by atoms with Gasteiger partial charge in [-0.25, -0.2) is 0 Å². The van der Waals surface area contributed by atoms with Crippen LogP contribution in [0.1, 0.15) is 15.9 Å². The largest absolute Gasteiger partial charge is 0.496 e. The highest BCUT2D eigenvalue weighted by Crippen LogP contribution is 2.18. The van der Waals surface area contributed by atoms with E-state index in [1.807, 2.05) is 18.2 Å². The lowest BCUT2D eigenvalue weighted by molar-refractivity contribution is -0.115. The van der Waals surface area contributed by atoms with Crippen molar-refractivity contribution in [1.29, 1.82) is 0 Å². The van der Waals surface area contributed by atoms with Gasteiger partial charge in [-0.3, -0.25) is 14.9 Å². The molecule has 0 heterocycles. The number of hydrogen-bond donors (Lipinski definition) is 3. The van der Waals surface area contributed by atoms with Crippen molar-refractivity contribution < 1.29 is 14.3 Å². The number of hydrogen-bond acceptors (Lipinski definition) is 4. The van der Waals surface area contributed by atoms with E-state index < -0.39 is 5.91 Å². The third-order valence-corrected chi connectivity index (χ3v) is 3.42. The molecule has 6 nitrogen and oxygen atoms in total. The van der Waals surface area contributed by atoms with Gasteiger partial charge in [0.2, 0.25) is 11.8 Å². The van der Waals surface area contributed by atoms with Gasteiger partial charge >= 0.3 is 0 Å². The van der Waals surface area contributed by atoms with Gasteiger partial charge in [-0.15, -0.1) is 0 Å². The fourth-order valence-corrected chi connectivity index (χ4v) is 2.22. The first-order valence-corrected chi connectivity index (χ1v) is 7.73. The normalized spacial score (nSPS) is 10.3. The highest BCUT2D eigenvalue weighted by molar-refractivity contribution is 7.80. The standard InChI is InChI=1S/C18H17N3O3S/c1-24-15-5-3-2-4-12(15)8-11-16(22)21-18(25)20-14-9-6-13(7-10-14)17(19)23/h2-11H,1H3,(H2,19,23)(H2,20,21,22,25). The molecule has 0 aromatic heterocycles. The maximum Gasteiger partial charge on any atom is 0.250 e. The number of ether oxygens (including phenoxy) is 1. The quantitative estimate of drug-likeness (QED) is 0.565. The van der Waals surface area contributed by atoms with Gasteiger partial charge in [0.25, 0.3) is 0 Å². The molecule has 0 aliphatic rings. The third-order valence-electron chi connectivity index (χ3n) is 3.22. The summed E-state index contributed by atoms with van der Waals surface area (Å²) in [6, 6.07) is 13.7. The van der Waals surface area contributed by atoms with Crippen LogP contribution >= 0.6 is 12.2 Å². The molecule has 2 rings (SSSR count). The summed E-state index contributed by atoms with van der Waals surface area (Å²) in [7, 11) is 1.56. The molecule has 128 valence electrons. The highest BCUT2D eigenvalue weighted by atomic mass is 32.1. The Morgan fingerprint density at radius 1 is 1.12 bits per heavy atom. The van der Waals surface area contributed by atoms with Crippen LogP contribution in [0.3, 0.4) is 0 Å². The molecule has 7 heteroatoms. The Morgan fingerprint density at radius 2 is 1.80 bits per heavy atom. The third kappa shape index (κ3) is 5.43. The fourth-order valence-electron chi connectivity index (χ4n) is 2.00. The Hall–Kier alpha value is -3.19. The minimum absolute atomic E-state index is 0.140. The summed E-state index contributed by atoms with van der Waals surface area (Å²) >= 11 is 5.08. The van der Waals surface area contributed by atoms with Crippen LogP contribution in [-0.4, -0.2) is 24.0 Å². The number of methoxy groups -OCH3 is 1. The van der Waals surface area contributed by atoms with E-state index >= 15 is 0 Å². The Balaban J connectivity index is 1.92. The number of carbonyl (C=O) groups excluding carboxylic acids is 2. The van der Waals surface area contributed by atoms with Crippen LogP contribution in [0.4, 0.5) is 5.69 Å². The molecule has 2 aromatic rings. The van der Waals surface area contributed by atoms with Crippen LogP contribution in [-0.2, 0) is 4.79 Å². The molecule has 2 amide bonds. The molecule has 0 aliphatic heterocycles. The van der Waals surface area contributed by atoms with Crippen molar-refractivity contribution in [3.05, 3.63) is 65.7 Å². The average molecular weight is 355 g/mol. The summed E-state index contributed by atoms with van der Waals surface area (Å²) in [4.78, 5) is 22.9. The van der Waals surface area contributed by atoms with Crippen molar-refractivity contribution in [3.8, 4) is 5.75 Å².